The fourth-order valence-corrected chi connectivity index (χ4v) is 5.08. The molecule has 7 nitrogen and oxygen atoms in total. The number of nitrogens with zero attached hydrogens (tertiary/aromatic N) is 3. The Hall–Kier alpha value is -3.97. The number of benzene rings is 2. The number of carbonyl (C=O) groups is 1. The highest BCUT2D eigenvalue weighted by molar-refractivity contribution is 6.32. The molecule has 0 aliphatic heterocycles. The van der Waals surface area contributed by atoms with Gasteiger partial charge < -0.3 is 14.8 Å². The molecule has 5 rings (SSSR count). The van der Waals surface area contributed by atoms with Crippen molar-refractivity contribution in [2.45, 2.75) is 51.4 Å². The van der Waals surface area contributed by atoms with Crippen LogP contribution in [0, 0.1) is 0 Å². The Morgan fingerprint density at radius 1 is 1.00 bits per heavy atom. The molecule has 0 spiro atoms. The Kier molecular flexibility index (Phi) is 8.37. The minimum atomic E-state index is -0.291. The molecule has 1 aliphatic rings. The molecule has 8 heteroatoms. The number of hydrogen-bond acceptors (Lipinski definition) is 6. The Morgan fingerprint density at radius 2 is 1.85 bits per heavy atom. The predicted molar refractivity (Wildman–Crippen MR) is 153 cm³/mol. The first kappa shape index (κ1) is 26.6. The number of ether oxygens (including phenoxy) is 2. The smallest absolute Gasteiger partial charge is 0.255 e. The van der Waals surface area contributed by atoms with E-state index in [2.05, 4.69) is 26.3 Å². The topological polar surface area (TPSA) is 86.2 Å². The second-order valence-electron chi connectivity index (χ2n) is 9.56. The fourth-order valence-electron chi connectivity index (χ4n) is 4.92. The molecule has 0 unspecified atom stereocenters. The van der Waals surface area contributed by atoms with Gasteiger partial charge in [-0.2, -0.15) is 0 Å². The van der Waals surface area contributed by atoms with E-state index in [-0.39, 0.29) is 5.91 Å². The average molecular weight is 543 g/mol. The van der Waals surface area contributed by atoms with Gasteiger partial charge in [0.1, 0.15) is 17.3 Å². The number of pyridine rings is 1. The van der Waals surface area contributed by atoms with E-state index < -0.39 is 0 Å². The molecule has 1 N–H and O–H groups in total. The van der Waals surface area contributed by atoms with Crippen LogP contribution in [0.15, 0.2) is 67.0 Å². The van der Waals surface area contributed by atoms with E-state index in [1.807, 2.05) is 37.3 Å². The summed E-state index contributed by atoms with van der Waals surface area (Å²) in [5, 5.41) is 3.38. The fraction of sp³-hybridized carbons (Fsp3) is 0.290. The summed E-state index contributed by atoms with van der Waals surface area (Å²) in [6.07, 6.45) is 10.2. The number of halogens is 1. The van der Waals surface area contributed by atoms with Gasteiger partial charge in [-0.1, -0.05) is 43.9 Å². The van der Waals surface area contributed by atoms with Crippen LogP contribution >= 0.6 is 11.6 Å². The van der Waals surface area contributed by atoms with Crippen molar-refractivity contribution in [1.29, 1.82) is 0 Å². The largest absolute Gasteiger partial charge is 0.495 e. The zero-order valence-corrected chi connectivity index (χ0v) is 22.9. The third-order valence-corrected chi connectivity index (χ3v) is 7.33. The van der Waals surface area contributed by atoms with Crippen molar-refractivity contribution in [2.75, 3.05) is 12.4 Å². The molecule has 0 atom stereocenters. The highest BCUT2D eigenvalue weighted by atomic mass is 35.5. The van der Waals surface area contributed by atoms with Gasteiger partial charge in [0.05, 0.1) is 29.1 Å². The molecule has 4 aromatic rings. The Labute approximate surface area is 233 Å². The summed E-state index contributed by atoms with van der Waals surface area (Å²) in [6.45, 7) is 2.00. The lowest BCUT2D eigenvalue weighted by molar-refractivity contribution is 0.102. The van der Waals surface area contributed by atoms with Crippen LogP contribution in [0.1, 0.15) is 66.7 Å². The van der Waals surface area contributed by atoms with Crippen molar-refractivity contribution in [1.82, 2.24) is 15.0 Å². The van der Waals surface area contributed by atoms with Gasteiger partial charge in [0.15, 0.2) is 0 Å². The number of nitrogens with one attached hydrogen (secondary N) is 1. The molecule has 2 aromatic heterocycles. The standard InChI is InChI=1S/C31H31ClN4O3/c1-3-29-33-17-15-25(35-29)23-10-7-16-34-31(23)39-28-19-22(11-13-24(28)32)30(37)36-26-18-21(12-14-27(26)38-2)20-8-5-4-6-9-20/h7,10-20H,3-6,8-9H2,1-2H3,(H,36,37). The van der Waals surface area contributed by atoms with Crippen LogP contribution in [0.2, 0.25) is 5.02 Å². The van der Waals surface area contributed by atoms with Crippen LogP contribution in [0.4, 0.5) is 5.69 Å². The molecule has 1 fully saturated rings. The molecule has 2 heterocycles. The summed E-state index contributed by atoms with van der Waals surface area (Å²) in [6, 6.07) is 16.5. The van der Waals surface area contributed by atoms with Gasteiger partial charge in [0, 0.05) is 24.4 Å². The van der Waals surface area contributed by atoms with Gasteiger partial charge in [-0.3, -0.25) is 4.79 Å². The first-order valence-electron chi connectivity index (χ1n) is 13.3. The molecule has 0 bridgehead atoms. The zero-order valence-electron chi connectivity index (χ0n) is 22.1. The highest BCUT2D eigenvalue weighted by Gasteiger charge is 2.19. The van der Waals surface area contributed by atoms with E-state index in [0.717, 1.165) is 5.82 Å². The number of methoxy groups -OCH3 is 1. The normalized spacial score (nSPS) is 13.6. The monoisotopic (exact) mass is 542 g/mol. The van der Waals surface area contributed by atoms with Crippen molar-refractivity contribution in [3.63, 3.8) is 0 Å². The third kappa shape index (κ3) is 6.20. The predicted octanol–water partition coefficient (Wildman–Crippen LogP) is 7.86. The maximum Gasteiger partial charge on any atom is 0.255 e. The lowest BCUT2D eigenvalue weighted by atomic mass is 9.84. The van der Waals surface area contributed by atoms with E-state index in [0.29, 0.717) is 57.2 Å². The summed E-state index contributed by atoms with van der Waals surface area (Å²) in [5.41, 5.74) is 3.66. The van der Waals surface area contributed by atoms with Crippen molar-refractivity contribution >= 4 is 23.2 Å². The molecular formula is C31H31ClN4O3. The zero-order chi connectivity index (χ0) is 27.2. The molecule has 2 aromatic carbocycles. The van der Waals surface area contributed by atoms with Crippen LogP contribution in [0.3, 0.4) is 0 Å². The molecule has 1 aliphatic carbocycles. The van der Waals surface area contributed by atoms with Crippen LogP contribution in [-0.4, -0.2) is 28.0 Å². The van der Waals surface area contributed by atoms with Crippen molar-refractivity contribution in [2.24, 2.45) is 0 Å². The lowest BCUT2D eigenvalue weighted by Gasteiger charge is -2.23. The molecule has 0 saturated heterocycles. The summed E-state index contributed by atoms with van der Waals surface area (Å²) >= 11 is 6.48. The summed E-state index contributed by atoms with van der Waals surface area (Å²) in [4.78, 5) is 26.6. The van der Waals surface area contributed by atoms with Crippen molar-refractivity contribution in [3.05, 3.63) is 89.0 Å². The molecule has 0 radical (unpaired) electrons. The van der Waals surface area contributed by atoms with Gasteiger partial charge in [-0.25, -0.2) is 15.0 Å². The number of anilines is 1. The summed E-state index contributed by atoms with van der Waals surface area (Å²) < 4.78 is 11.7. The molecule has 1 amide bonds. The van der Waals surface area contributed by atoms with E-state index in [9.17, 15) is 4.79 Å². The van der Waals surface area contributed by atoms with E-state index >= 15 is 0 Å². The number of carbonyl (C=O) groups excluding carboxylic acids is 1. The summed E-state index contributed by atoms with van der Waals surface area (Å²) in [5.74, 6) is 2.20. The van der Waals surface area contributed by atoms with Gasteiger partial charge in [-0.15, -0.1) is 0 Å². The highest BCUT2D eigenvalue weighted by Crippen LogP contribution is 2.37. The quantitative estimate of drug-likeness (QED) is 0.244. The third-order valence-electron chi connectivity index (χ3n) is 7.02. The van der Waals surface area contributed by atoms with Crippen molar-refractivity contribution in [3.8, 4) is 28.6 Å². The molecule has 1 saturated carbocycles. The Morgan fingerprint density at radius 3 is 2.64 bits per heavy atom. The number of hydrogen-bond donors (Lipinski definition) is 1. The van der Waals surface area contributed by atoms with E-state index in [4.69, 9.17) is 21.1 Å². The number of aromatic nitrogens is 3. The maximum atomic E-state index is 13.3. The van der Waals surface area contributed by atoms with E-state index in [1.165, 1.54) is 37.7 Å². The second kappa shape index (κ2) is 12.3. The van der Waals surface area contributed by atoms with Crippen LogP contribution in [0.25, 0.3) is 11.3 Å². The second-order valence-corrected chi connectivity index (χ2v) is 9.97. The Balaban J connectivity index is 1.40. The molecule has 200 valence electrons. The van der Waals surface area contributed by atoms with Crippen LogP contribution in [0.5, 0.6) is 17.4 Å². The minimum Gasteiger partial charge on any atom is -0.495 e. The van der Waals surface area contributed by atoms with Gasteiger partial charge in [-0.05, 0) is 72.9 Å². The summed E-state index contributed by atoms with van der Waals surface area (Å²) in [7, 11) is 1.60. The SMILES string of the molecule is CCc1nccc(-c2cccnc2Oc2cc(C(=O)Nc3cc(C4CCCCC4)ccc3OC)ccc2Cl)n1. The maximum absolute atomic E-state index is 13.3. The van der Waals surface area contributed by atoms with Gasteiger partial charge in [0.2, 0.25) is 5.88 Å². The number of aryl methyl sites for hydroxylation is 1. The van der Waals surface area contributed by atoms with Crippen LogP contribution in [-0.2, 0) is 6.42 Å². The minimum absolute atomic E-state index is 0.291. The lowest BCUT2D eigenvalue weighted by Crippen LogP contribution is -2.14. The van der Waals surface area contributed by atoms with Crippen LogP contribution < -0.4 is 14.8 Å². The molecule has 39 heavy (non-hydrogen) atoms. The average Bonchev–Trinajstić information content (AvgIpc) is 2.99. The number of rotatable bonds is 8. The first-order valence-corrected chi connectivity index (χ1v) is 13.7. The number of amides is 1. The van der Waals surface area contributed by atoms with Gasteiger partial charge >= 0.3 is 0 Å². The first-order chi connectivity index (χ1) is 19.1. The van der Waals surface area contributed by atoms with E-state index in [1.54, 1.807) is 37.7 Å². The van der Waals surface area contributed by atoms with Gasteiger partial charge in [0.25, 0.3) is 5.91 Å². The Bertz CT molecular complexity index is 1470. The van der Waals surface area contributed by atoms with Crippen molar-refractivity contribution < 1.29 is 14.3 Å². The molecular weight excluding hydrogens is 512 g/mol.